The van der Waals surface area contributed by atoms with Crippen LogP contribution in [0.4, 0.5) is 5.82 Å². The molecule has 1 aliphatic carbocycles. The third-order valence-corrected chi connectivity index (χ3v) is 5.18. The number of pyridine rings is 1. The Kier molecular flexibility index (Phi) is 4.76. The van der Waals surface area contributed by atoms with Crippen LogP contribution in [0.2, 0.25) is 0 Å². The quantitative estimate of drug-likeness (QED) is 0.926. The molecule has 0 aromatic carbocycles. The summed E-state index contributed by atoms with van der Waals surface area (Å²) in [6, 6.07) is 5.04. The zero-order valence-corrected chi connectivity index (χ0v) is 13.2. The summed E-state index contributed by atoms with van der Waals surface area (Å²) in [5, 5.41) is 0. The molecule has 1 aromatic heterocycles. The van der Waals surface area contributed by atoms with E-state index in [2.05, 4.69) is 33.8 Å². The normalized spacial score (nSPS) is 27.8. The summed E-state index contributed by atoms with van der Waals surface area (Å²) in [6.45, 7) is 7.52. The van der Waals surface area contributed by atoms with Crippen LogP contribution in [-0.2, 0) is 6.54 Å². The van der Waals surface area contributed by atoms with Gasteiger partial charge in [0.05, 0.1) is 0 Å². The fraction of sp³-hybridized carbons (Fsp3) is 0.706. The van der Waals surface area contributed by atoms with Crippen molar-refractivity contribution >= 4 is 5.82 Å². The highest BCUT2D eigenvalue weighted by Crippen LogP contribution is 2.28. The van der Waals surface area contributed by atoms with Crippen LogP contribution in [0.1, 0.15) is 38.2 Å². The molecule has 0 atom stereocenters. The second-order valence-corrected chi connectivity index (χ2v) is 6.67. The monoisotopic (exact) mass is 288 g/mol. The van der Waals surface area contributed by atoms with Gasteiger partial charge in [-0.05, 0) is 43.2 Å². The molecule has 2 heterocycles. The van der Waals surface area contributed by atoms with Crippen molar-refractivity contribution in [2.45, 2.75) is 45.2 Å². The maximum Gasteiger partial charge on any atom is 0.128 e. The molecule has 116 valence electrons. The first kappa shape index (κ1) is 14.8. The molecule has 0 unspecified atom stereocenters. The summed E-state index contributed by atoms with van der Waals surface area (Å²) >= 11 is 0. The van der Waals surface area contributed by atoms with E-state index in [4.69, 9.17) is 5.73 Å². The van der Waals surface area contributed by atoms with Crippen LogP contribution in [0.3, 0.4) is 0 Å². The van der Waals surface area contributed by atoms with Crippen LogP contribution in [0, 0.1) is 5.92 Å². The Balaban J connectivity index is 1.52. The third-order valence-electron chi connectivity index (χ3n) is 5.18. The lowest BCUT2D eigenvalue weighted by molar-refractivity contribution is 0.132. The second-order valence-electron chi connectivity index (χ2n) is 6.67. The molecule has 0 radical (unpaired) electrons. The molecule has 1 saturated carbocycles. The molecule has 1 saturated heterocycles. The highest BCUT2D eigenvalue weighted by Gasteiger charge is 2.27. The van der Waals surface area contributed by atoms with Crippen molar-refractivity contribution in [3.05, 3.63) is 23.9 Å². The van der Waals surface area contributed by atoms with Gasteiger partial charge in [0.25, 0.3) is 0 Å². The summed E-state index contributed by atoms with van der Waals surface area (Å²) in [4.78, 5) is 9.66. The zero-order valence-electron chi connectivity index (χ0n) is 13.2. The van der Waals surface area contributed by atoms with Crippen LogP contribution in [0.25, 0.3) is 0 Å². The Morgan fingerprint density at radius 1 is 1.10 bits per heavy atom. The minimum absolute atomic E-state index is 0.571. The fourth-order valence-electron chi connectivity index (χ4n) is 3.65. The number of aromatic nitrogens is 1. The topological polar surface area (TPSA) is 45.4 Å². The molecular formula is C17H28N4. The largest absolute Gasteiger partial charge is 0.354 e. The van der Waals surface area contributed by atoms with Gasteiger partial charge < -0.3 is 10.6 Å². The number of hydrogen-bond acceptors (Lipinski definition) is 4. The standard InChI is InChI=1S/C17H28N4/c1-14-2-5-16(6-3-14)20-8-10-21(11-9-20)17-7-4-15(12-18)13-19-17/h4,7,13-14,16H,2-3,5-6,8-12,18H2,1H3. The number of rotatable bonds is 3. The fourth-order valence-corrected chi connectivity index (χ4v) is 3.65. The molecule has 1 aliphatic heterocycles. The van der Waals surface area contributed by atoms with Crippen LogP contribution >= 0.6 is 0 Å². The Bertz CT molecular complexity index is 429. The first-order valence-corrected chi connectivity index (χ1v) is 8.40. The summed E-state index contributed by atoms with van der Waals surface area (Å²) in [5.74, 6) is 2.04. The van der Waals surface area contributed by atoms with Gasteiger partial charge >= 0.3 is 0 Å². The first-order valence-electron chi connectivity index (χ1n) is 8.40. The van der Waals surface area contributed by atoms with E-state index in [1.807, 2.05) is 6.20 Å². The van der Waals surface area contributed by atoms with Crippen molar-refractivity contribution in [1.82, 2.24) is 9.88 Å². The third kappa shape index (κ3) is 3.55. The van der Waals surface area contributed by atoms with E-state index < -0.39 is 0 Å². The van der Waals surface area contributed by atoms with E-state index in [1.54, 1.807) is 0 Å². The highest BCUT2D eigenvalue weighted by atomic mass is 15.3. The van der Waals surface area contributed by atoms with Gasteiger partial charge in [0.15, 0.2) is 0 Å². The molecule has 2 aliphatic rings. The molecule has 0 spiro atoms. The molecule has 1 aromatic rings. The molecule has 0 amide bonds. The number of hydrogen-bond donors (Lipinski definition) is 1. The number of anilines is 1. The van der Waals surface area contributed by atoms with E-state index in [0.29, 0.717) is 6.54 Å². The van der Waals surface area contributed by atoms with Crippen molar-refractivity contribution in [1.29, 1.82) is 0 Å². The summed E-state index contributed by atoms with van der Waals surface area (Å²) in [7, 11) is 0. The molecule has 2 N–H and O–H groups in total. The van der Waals surface area contributed by atoms with Gasteiger partial charge in [-0.1, -0.05) is 13.0 Å². The van der Waals surface area contributed by atoms with Gasteiger partial charge in [-0.25, -0.2) is 4.98 Å². The van der Waals surface area contributed by atoms with E-state index in [9.17, 15) is 0 Å². The SMILES string of the molecule is CC1CCC(N2CCN(c3ccc(CN)cn3)CC2)CC1. The summed E-state index contributed by atoms with van der Waals surface area (Å²) < 4.78 is 0. The lowest BCUT2D eigenvalue weighted by Crippen LogP contribution is -2.51. The van der Waals surface area contributed by atoms with E-state index in [1.165, 1.54) is 38.8 Å². The number of nitrogens with two attached hydrogens (primary N) is 1. The van der Waals surface area contributed by atoms with Crippen molar-refractivity contribution in [3.8, 4) is 0 Å². The van der Waals surface area contributed by atoms with Gasteiger partial charge in [-0.2, -0.15) is 0 Å². The maximum absolute atomic E-state index is 5.63. The van der Waals surface area contributed by atoms with Crippen molar-refractivity contribution in [3.63, 3.8) is 0 Å². The van der Waals surface area contributed by atoms with Crippen molar-refractivity contribution in [2.24, 2.45) is 11.7 Å². The number of piperazine rings is 1. The van der Waals surface area contributed by atoms with Gasteiger partial charge in [0.2, 0.25) is 0 Å². The molecular weight excluding hydrogens is 260 g/mol. The van der Waals surface area contributed by atoms with Crippen LogP contribution in [-0.4, -0.2) is 42.1 Å². The maximum atomic E-state index is 5.63. The smallest absolute Gasteiger partial charge is 0.128 e. The highest BCUT2D eigenvalue weighted by molar-refractivity contribution is 5.39. The van der Waals surface area contributed by atoms with Gasteiger partial charge in [-0.15, -0.1) is 0 Å². The van der Waals surface area contributed by atoms with Crippen LogP contribution in [0.15, 0.2) is 18.3 Å². The van der Waals surface area contributed by atoms with Crippen LogP contribution in [0.5, 0.6) is 0 Å². The molecule has 4 nitrogen and oxygen atoms in total. The Labute approximate surface area is 128 Å². The minimum Gasteiger partial charge on any atom is -0.354 e. The molecule has 21 heavy (non-hydrogen) atoms. The van der Waals surface area contributed by atoms with Crippen molar-refractivity contribution < 1.29 is 0 Å². The van der Waals surface area contributed by atoms with Crippen molar-refractivity contribution in [2.75, 3.05) is 31.1 Å². The van der Waals surface area contributed by atoms with E-state index in [0.717, 1.165) is 36.4 Å². The van der Waals surface area contributed by atoms with Gasteiger partial charge in [-0.3, -0.25) is 4.90 Å². The zero-order chi connectivity index (χ0) is 14.7. The second kappa shape index (κ2) is 6.75. The molecule has 0 bridgehead atoms. The molecule has 2 fully saturated rings. The molecule has 4 heteroatoms. The Hall–Kier alpha value is -1.13. The van der Waals surface area contributed by atoms with E-state index in [-0.39, 0.29) is 0 Å². The minimum atomic E-state index is 0.571. The molecule has 3 rings (SSSR count). The number of nitrogens with zero attached hydrogens (tertiary/aromatic N) is 3. The Morgan fingerprint density at radius 2 is 1.81 bits per heavy atom. The van der Waals surface area contributed by atoms with Gasteiger partial charge in [0, 0.05) is 45.0 Å². The predicted octanol–water partition coefficient (Wildman–Crippen LogP) is 2.24. The predicted molar refractivity (Wildman–Crippen MR) is 87.3 cm³/mol. The lowest BCUT2D eigenvalue weighted by atomic mass is 9.86. The average Bonchev–Trinajstić information content (AvgIpc) is 2.56. The van der Waals surface area contributed by atoms with Gasteiger partial charge in [0.1, 0.15) is 5.82 Å². The average molecular weight is 288 g/mol. The lowest BCUT2D eigenvalue weighted by Gasteiger charge is -2.42. The summed E-state index contributed by atoms with van der Waals surface area (Å²) in [6.07, 6.45) is 7.51. The summed E-state index contributed by atoms with van der Waals surface area (Å²) in [5.41, 5.74) is 6.73. The first-order chi connectivity index (χ1) is 10.3. The van der Waals surface area contributed by atoms with E-state index >= 15 is 0 Å². The Morgan fingerprint density at radius 3 is 2.38 bits per heavy atom. The van der Waals surface area contributed by atoms with Crippen LogP contribution < -0.4 is 10.6 Å².